The number of carbonyl (C=O) groups is 1. The summed E-state index contributed by atoms with van der Waals surface area (Å²) in [5.74, 6) is 1.51. The van der Waals surface area contributed by atoms with Crippen LogP contribution in [0.25, 0.3) is 0 Å². The molecule has 0 atom stereocenters. The Balaban J connectivity index is 1.60. The minimum absolute atomic E-state index is 0.305. The van der Waals surface area contributed by atoms with E-state index in [0.29, 0.717) is 18.4 Å². The first-order chi connectivity index (χ1) is 11.7. The van der Waals surface area contributed by atoms with Crippen molar-refractivity contribution in [2.24, 2.45) is 10.9 Å². The largest absolute Gasteiger partial charge is 0.383 e. The summed E-state index contributed by atoms with van der Waals surface area (Å²) in [6.45, 7) is 6.91. The Morgan fingerprint density at radius 1 is 1.12 bits per heavy atom. The van der Waals surface area contributed by atoms with Gasteiger partial charge in [-0.25, -0.2) is 0 Å². The molecule has 7 nitrogen and oxygen atoms in total. The van der Waals surface area contributed by atoms with Gasteiger partial charge in [0.15, 0.2) is 5.96 Å². The summed E-state index contributed by atoms with van der Waals surface area (Å²) in [6, 6.07) is 0. The van der Waals surface area contributed by atoms with Crippen molar-refractivity contribution in [2.45, 2.75) is 25.7 Å². The average Bonchev–Trinajstić information content (AvgIpc) is 3.15. The molecule has 2 N–H and O–H groups in total. The lowest BCUT2D eigenvalue weighted by Gasteiger charge is -2.36. The van der Waals surface area contributed by atoms with Crippen LogP contribution in [-0.4, -0.2) is 88.2 Å². The van der Waals surface area contributed by atoms with Gasteiger partial charge >= 0.3 is 0 Å². The van der Waals surface area contributed by atoms with Gasteiger partial charge in [-0.1, -0.05) is 12.8 Å². The second-order valence-electron chi connectivity index (χ2n) is 6.57. The average molecular weight is 339 g/mol. The molecule has 0 spiro atoms. The minimum Gasteiger partial charge on any atom is -0.383 e. The molecule has 24 heavy (non-hydrogen) atoms. The van der Waals surface area contributed by atoms with E-state index < -0.39 is 0 Å². The molecule has 1 saturated heterocycles. The number of hydrogen-bond donors (Lipinski definition) is 2. The van der Waals surface area contributed by atoms with E-state index in [4.69, 9.17) is 4.74 Å². The number of guanidine groups is 1. The van der Waals surface area contributed by atoms with Crippen molar-refractivity contribution < 1.29 is 9.53 Å². The highest BCUT2D eigenvalue weighted by molar-refractivity contribution is 5.79. The van der Waals surface area contributed by atoms with Crippen LogP contribution >= 0.6 is 0 Å². The summed E-state index contributed by atoms with van der Waals surface area (Å²) in [7, 11) is 3.46. The van der Waals surface area contributed by atoms with Crippen molar-refractivity contribution in [3.63, 3.8) is 0 Å². The van der Waals surface area contributed by atoms with Crippen LogP contribution < -0.4 is 10.6 Å². The van der Waals surface area contributed by atoms with Crippen LogP contribution in [0, 0.1) is 5.92 Å². The molecule has 1 heterocycles. The van der Waals surface area contributed by atoms with E-state index in [0.717, 1.165) is 64.6 Å². The Hall–Kier alpha value is -1.34. The summed E-state index contributed by atoms with van der Waals surface area (Å²) >= 11 is 0. The lowest BCUT2D eigenvalue weighted by Crippen LogP contribution is -2.52. The zero-order chi connectivity index (χ0) is 17.2. The first kappa shape index (κ1) is 19.0. The molecule has 0 aromatic carbocycles. The molecule has 0 aromatic rings. The third-order valence-corrected chi connectivity index (χ3v) is 4.93. The van der Waals surface area contributed by atoms with Gasteiger partial charge in [0, 0.05) is 65.9 Å². The maximum atomic E-state index is 12.4. The van der Waals surface area contributed by atoms with E-state index in [2.05, 4.69) is 25.4 Å². The predicted molar refractivity (Wildman–Crippen MR) is 96.2 cm³/mol. The molecule has 0 unspecified atom stereocenters. The number of hydrogen-bond acceptors (Lipinski definition) is 4. The molecule has 1 saturated carbocycles. The third-order valence-electron chi connectivity index (χ3n) is 4.93. The normalized spacial score (nSPS) is 20.4. The summed E-state index contributed by atoms with van der Waals surface area (Å²) in [6.07, 6.45) is 4.64. The second kappa shape index (κ2) is 10.5. The molecule has 0 radical (unpaired) electrons. The van der Waals surface area contributed by atoms with Crippen molar-refractivity contribution in [3.8, 4) is 0 Å². The van der Waals surface area contributed by atoms with Gasteiger partial charge in [0.1, 0.15) is 0 Å². The number of ether oxygens (including phenoxy) is 1. The van der Waals surface area contributed by atoms with Crippen molar-refractivity contribution >= 4 is 11.9 Å². The molecule has 2 rings (SSSR count). The summed E-state index contributed by atoms with van der Waals surface area (Å²) in [5, 5.41) is 6.52. The Bertz CT molecular complexity index is 402. The smallest absolute Gasteiger partial charge is 0.225 e. The number of nitrogens with zero attached hydrogens (tertiary/aromatic N) is 3. The number of methoxy groups -OCH3 is 1. The third kappa shape index (κ3) is 5.94. The monoisotopic (exact) mass is 339 g/mol. The van der Waals surface area contributed by atoms with E-state index in [-0.39, 0.29) is 0 Å². The van der Waals surface area contributed by atoms with Crippen molar-refractivity contribution in [1.82, 2.24) is 20.4 Å². The Kier molecular flexibility index (Phi) is 8.32. The van der Waals surface area contributed by atoms with Crippen molar-refractivity contribution in [3.05, 3.63) is 0 Å². The molecule has 1 amide bonds. The Labute approximate surface area is 145 Å². The number of piperazine rings is 1. The van der Waals surface area contributed by atoms with Gasteiger partial charge in [-0.3, -0.25) is 14.7 Å². The molecule has 2 aliphatic rings. The van der Waals surface area contributed by atoms with Gasteiger partial charge in [0.25, 0.3) is 0 Å². The van der Waals surface area contributed by atoms with Gasteiger partial charge < -0.3 is 20.3 Å². The minimum atomic E-state index is 0.305. The van der Waals surface area contributed by atoms with Crippen LogP contribution in [0.15, 0.2) is 4.99 Å². The Morgan fingerprint density at radius 2 is 1.79 bits per heavy atom. The van der Waals surface area contributed by atoms with Gasteiger partial charge in [-0.2, -0.15) is 0 Å². The fourth-order valence-corrected chi connectivity index (χ4v) is 3.45. The van der Waals surface area contributed by atoms with E-state index >= 15 is 0 Å². The summed E-state index contributed by atoms with van der Waals surface area (Å²) in [5.41, 5.74) is 0. The van der Waals surface area contributed by atoms with Gasteiger partial charge in [-0.15, -0.1) is 0 Å². The molecule has 1 aliphatic heterocycles. The van der Waals surface area contributed by atoms with Crippen LogP contribution in [-0.2, 0) is 9.53 Å². The Morgan fingerprint density at radius 3 is 2.42 bits per heavy atom. The number of carbonyl (C=O) groups excluding carboxylic acids is 1. The van der Waals surface area contributed by atoms with E-state index in [9.17, 15) is 4.79 Å². The molecule has 138 valence electrons. The SMILES string of the molecule is CN=C(NCCOC)NCCN1CCN(C(=O)C2CCCC2)CC1. The van der Waals surface area contributed by atoms with Crippen LogP contribution in [0.1, 0.15) is 25.7 Å². The van der Waals surface area contributed by atoms with Crippen molar-refractivity contribution in [1.29, 1.82) is 0 Å². The predicted octanol–water partition coefficient (Wildman–Crippen LogP) is 0.132. The van der Waals surface area contributed by atoms with Crippen LogP contribution in [0.2, 0.25) is 0 Å². The highest BCUT2D eigenvalue weighted by Crippen LogP contribution is 2.26. The molecule has 0 bridgehead atoms. The maximum Gasteiger partial charge on any atom is 0.225 e. The van der Waals surface area contributed by atoms with Crippen LogP contribution in [0.3, 0.4) is 0 Å². The lowest BCUT2D eigenvalue weighted by atomic mass is 10.1. The number of amides is 1. The standard InChI is InChI=1S/C17H33N5O2/c1-18-17(20-8-14-24-2)19-7-9-21-10-12-22(13-11-21)16(23)15-5-3-4-6-15/h15H,3-14H2,1-2H3,(H2,18,19,20). The van der Waals surface area contributed by atoms with Crippen LogP contribution in [0.5, 0.6) is 0 Å². The van der Waals surface area contributed by atoms with Crippen molar-refractivity contribution in [2.75, 3.05) is 66.6 Å². The zero-order valence-electron chi connectivity index (χ0n) is 15.2. The van der Waals surface area contributed by atoms with Gasteiger partial charge in [-0.05, 0) is 12.8 Å². The second-order valence-corrected chi connectivity index (χ2v) is 6.57. The number of aliphatic imine (C=N–C) groups is 1. The molecule has 2 fully saturated rings. The summed E-state index contributed by atoms with van der Waals surface area (Å²) in [4.78, 5) is 21.1. The quantitative estimate of drug-likeness (QED) is 0.392. The fourth-order valence-electron chi connectivity index (χ4n) is 3.45. The van der Waals surface area contributed by atoms with E-state index in [1.54, 1.807) is 14.2 Å². The number of nitrogens with one attached hydrogen (secondary N) is 2. The summed E-state index contributed by atoms with van der Waals surface area (Å²) < 4.78 is 5.02. The van der Waals surface area contributed by atoms with Gasteiger partial charge in [0.2, 0.25) is 5.91 Å². The first-order valence-corrected chi connectivity index (χ1v) is 9.19. The lowest BCUT2D eigenvalue weighted by molar-refractivity contribution is -0.137. The molecule has 7 heteroatoms. The highest BCUT2D eigenvalue weighted by Gasteiger charge is 2.29. The van der Waals surface area contributed by atoms with E-state index in [1.807, 2.05) is 0 Å². The highest BCUT2D eigenvalue weighted by atomic mass is 16.5. The van der Waals surface area contributed by atoms with Crippen LogP contribution in [0.4, 0.5) is 0 Å². The first-order valence-electron chi connectivity index (χ1n) is 9.19. The molecule has 1 aliphatic carbocycles. The molecular formula is C17H33N5O2. The zero-order valence-corrected chi connectivity index (χ0v) is 15.2. The van der Waals surface area contributed by atoms with Gasteiger partial charge in [0.05, 0.1) is 6.61 Å². The fraction of sp³-hybridized carbons (Fsp3) is 0.882. The van der Waals surface area contributed by atoms with E-state index in [1.165, 1.54) is 12.8 Å². The number of rotatable bonds is 7. The molecule has 0 aromatic heterocycles. The molecular weight excluding hydrogens is 306 g/mol. The topological polar surface area (TPSA) is 69.2 Å². The maximum absolute atomic E-state index is 12.4.